The van der Waals surface area contributed by atoms with Gasteiger partial charge in [0.2, 0.25) is 0 Å². The molecule has 0 aromatic carbocycles. The third kappa shape index (κ3) is 1.28. The number of nitrogens with zero attached hydrogens (tertiary/aromatic N) is 1. The predicted octanol–water partition coefficient (Wildman–Crippen LogP) is -1.18. The van der Waals surface area contributed by atoms with Crippen molar-refractivity contribution >= 4 is 11.9 Å². The van der Waals surface area contributed by atoms with Gasteiger partial charge in [0.05, 0.1) is 7.11 Å². The lowest BCUT2D eigenvalue weighted by Gasteiger charge is -2.17. The number of carbonyl (C=O) groups excluding carboxylic acids is 2. The average molecular weight is 198 g/mol. The maximum absolute atomic E-state index is 11.4. The molecule has 5 heteroatoms. The minimum absolute atomic E-state index is 0.518. The van der Waals surface area contributed by atoms with Gasteiger partial charge in [0.25, 0.3) is 0 Å². The van der Waals surface area contributed by atoms with Crippen molar-refractivity contribution in [2.24, 2.45) is 23.5 Å². The lowest BCUT2D eigenvalue weighted by Crippen LogP contribution is -2.37. The van der Waals surface area contributed by atoms with Gasteiger partial charge in [-0.15, -0.1) is 0 Å². The molecule has 2 aliphatic rings. The molecule has 0 bridgehead atoms. The van der Waals surface area contributed by atoms with Gasteiger partial charge in [-0.1, -0.05) is 0 Å². The minimum atomic E-state index is -0.768. The van der Waals surface area contributed by atoms with Gasteiger partial charge in [-0.05, 0) is 24.3 Å². The first-order valence-corrected chi connectivity index (χ1v) is 4.76. The monoisotopic (exact) mass is 198 g/mol. The van der Waals surface area contributed by atoms with Gasteiger partial charge in [0.15, 0.2) is 0 Å². The van der Waals surface area contributed by atoms with E-state index < -0.39 is 11.9 Å². The Bertz CT molecular complexity index is 267. The van der Waals surface area contributed by atoms with Crippen LogP contribution in [0.4, 0.5) is 0 Å². The average Bonchev–Trinajstić information content (AvgIpc) is 2.68. The van der Waals surface area contributed by atoms with Crippen molar-refractivity contribution in [3.8, 4) is 0 Å². The van der Waals surface area contributed by atoms with Crippen molar-refractivity contribution in [1.82, 2.24) is 4.90 Å². The Kier molecular flexibility index (Phi) is 2.19. The van der Waals surface area contributed by atoms with E-state index in [1.807, 2.05) is 0 Å². The number of methoxy groups -OCH3 is 1. The fourth-order valence-corrected chi connectivity index (χ4v) is 2.38. The maximum Gasteiger partial charge on any atom is 0.396 e. The largest absolute Gasteiger partial charge is 0.462 e. The Balaban J connectivity index is 1.88. The zero-order chi connectivity index (χ0) is 10.3. The summed E-state index contributed by atoms with van der Waals surface area (Å²) in [4.78, 5) is 23.9. The highest BCUT2D eigenvalue weighted by Crippen LogP contribution is 2.50. The Morgan fingerprint density at radius 1 is 1.43 bits per heavy atom. The molecule has 2 N–H and O–H groups in total. The summed E-state index contributed by atoms with van der Waals surface area (Å²) in [6.07, 6.45) is 0. The molecule has 2 fully saturated rings. The second-order valence-electron chi connectivity index (χ2n) is 3.93. The number of amides is 1. The molecular formula is C9H14N2O3. The second-order valence-corrected chi connectivity index (χ2v) is 3.93. The summed E-state index contributed by atoms with van der Waals surface area (Å²) in [5.41, 5.74) is 5.54. The predicted molar refractivity (Wildman–Crippen MR) is 48.1 cm³/mol. The summed E-state index contributed by atoms with van der Waals surface area (Å²) in [6, 6.07) is 0. The highest BCUT2D eigenvalue weighted by atomic mass is 16.5. The van der Waals surface area contributed by atoms with Gasteiger partial charge < -0.3 is 15.4 Å². The van der Waals surface area contributed by atoms with Crippen LogP contribution in [0.2, 0.25) is 0 Å². The SMILES string of the molecule is COC(=O)C(=O)N1CC2C(CN)C2C1. The first-order valence-electron chi connectivity index (χ1n) is 4.76. The van der Waals surface area contributed by atoms with Crippen molar-refractivity contribution < 1.29 is 14.3 Å². The number of fused-ring (bicyclic) bond motifs is 1. The fourth-order valence-electron chi connectivity index (χ4n) is 2.38. The molecule has 1 amide bonds. The quantitative estimate of drug-likeness (QED) is 0.425. The van der Waals surface area contributed by atoms with E-state index in [1.165, 1.54) is 7.11 Å². The zero-order valence-electron chi connectivity index (χ0n) is 8.10. The molecule has 1 saturated heterocycles. The number of hydrogen-bond acceptors (Lipinski definition) is 4. The van der Waals surface area contributed by atoms with Crippen LogP contribution in [0.15, 0.2) is 0 Å². The third-order valence-electron chi connectivity index (χ3n) is 3.29. The van der Waals surface area contributed by atoms with Crippen LogP contribution in [-0.2, 0) is 14.3 Å². The number of nitrogens with two attached hydrogens (primary N) is 1. The van der Waals surface area contributed by atoms with Crippen LogP contribution >= 0.6 is 0 Å². The Labute approximate surface area is 82.2 Å². The molecule has 14 heavy (non-hydrogen) atoms. The maximum atomic E-state index is 11.4. The van der Waals surface area contributed by atoms with Crippen LogP contribution in [0.5, 0.6) is 0 Å². The van der Waals surface area contributed by atoms with E-state index in [0.29, 0.717) is 37.4 Å². The molecule has 5 nitrogen and oxygen atoms in total. The topological polar surface area (TPSA) is 72.6 Å². The lowest BCUT2D eigenvalue weighted by molar-refractivity contribution is -0.157. The van der Waals surface area contributed by atoms with Crippen molar-refractivity contribution in [2.45, 2.75) is 0 Å². The molecule has 0 spiro atoms. The molecule has 1 saturated carbocycles. The summed E-state index contributed by atoms with van der Waals surface area (Å²) in [7, 11) is 1.22. The van der Waals surface area contributed by atoms with E-state index in [9.17, 15) is 9.59 Å². The van der Waals surface area contributed by atoms with Crippen LogP contribution in [0.3, 0.4) is 0 Å². The van der Waals surface area contributed by atoms with E-state index in [-0.39, 0.29) is 0 Å². The minimum Gasteiger partial charge on any atom is -0.462 e. The molecule has 2 atom stereocenters. The van der Waals surface area contributed by atoms with Gasteiger partial charge in [0.1, 0.15) is 0 Å². The highest BCUT2D eigenvalue weighted by molar-refractivity contribution is 6.32. The van der Waals surface area contributed by atoms with Crippen molar-refractivity contribution in [3.05, 3.63) is 0 Å². The van der Waals surface area contributed by atoms with E-state index >= 15 is 0 Å². The number of esters is 1. The zero-order valence-corrected chi connectivity index (χ0v) is 8.10. The summed E-state index contributed by atoms with van der Waals surface area (Å²) in [5, 5.41) is 0. The molecule has 0 radical (unpaired) electrons. The van der Waals surface area contributed by atoms with E-state index in [1.54, 1.807) is 4.90 Å². The van der Waals surface area contributed by atoms with Gasteiger partial charge in [-0.3, -0.25) is 4.79 Å². The van der Waals surface area contributed by atoms with Crippen LogP contribution < -0.4 is 5.73 Å². The number of carbonyl (C=O) groups is 2. The van der Waals surface area contributed by atoms with Gasteiger partial charge in [-0.25, -0.2) is 4.79 Å². The fraction of sp³-hybridized carbons (Fsp3) is 0.778. The number of ether oxygens (including phenoxy) is 1. The molecule has 78 valence electrons. The van der Waals surface area contributed by atoms with E-state index in [2.05, 4.69) is 4.74 Å². The van der Waals surface area contributed by atoms with E-state index in [0.717, 1.165) is 0 Å². The standard InChI is InChI=1S/C9H14N2O3/c1-14-9(13)8(12)11-3-6-5(2-10)7(6)4-11/h5-7H,2-4,10H2,1H3. The highest BCUT2D eigenvalue weighted by Gasteiger charge is 2.56. The summed E-state index contributed by atoms with van der Waals surface area (Å²) in [6.45, 7) is 2.02. The van der Waals surface area contributed by atoms with Crippen molar-refractivity contribution in [3.63, 3.8) is 0 Å². The van der Waals surface area contributed by atoms with E-state index in [4.69, 9.17) is 5.73 Å². The first kappa shape index (κ1) is 9.45. The molecule has 0 aromatic heterocycles. The molecule has 2 rings (SSSR count). The number of hydrogen-bond donors (Lipinski definition) is 1. The number of rotatable bonds is 1. The van der Waals surface area contributed by atoms with Gasteiger partial charge >= 0.3 is 11.9 Å². The third-order valence-corrected chi connectivity index (χ3v) is 3.29. The Hall–Kier alpha value is -1.10. The lowest BCUT2D eigenvalue weighted by atomic mass is 10.2. The normalized spacial score (nSPS) is 33.9. The first-order chi connectivity index (χ1) is 6.69. The molecule has 1 heterocycles. The molecule has 1 aliphatic heterocycles. The van der Waals surface area contributed by atoms with Crippen molar-refractivity contribution in [1.29, 1.82) is 0 Å². The smallest absolute Gasteiger partial charge is 0.396 e. The molecule has 2 unspecified atom stereocenters. The molecular weight excluding hydrogens is 184 g/mol. The van der Waals surface area contributed by atoms with Crippen LogP contribution in [0, 0.1) is 17.8 Å². The summed E-state index contributed by atoms with van der Waals surface area (Å²) < 4.78 is 4.37. The van der Waals surface area contributed by atoms with Crippen LogP contribution in [0.25, 0.3) is 0 Å². The summed E-state index contributed by atoms with van der Waals surface area (Å²) in [5.74, 6) is 0.324. The number of piperidine rings is 1. The number of likely N-dealkylation sites (tertiary alicyclic amines) is 1. The second kappa shape index (κ2) is 3.24. The molecule has 0 aromatic rings. The van der Waals surface area contributed by atoms with Crippen LogP contribution in [0.1, 0.15) is 0 Å². The van der Waals surface area contributed by atoms with Crippen LogP contribution in [-0.4, -0.2) is 43.5 Å². The summed E-state index contributed by atoms with van der Waals surface area (Å²) >= 11 is 0. The van der Waals surface area contributed by atoms with Gasteiger partial charge in [0, 0.05) is 13.1 Å². The molecule has 1 aliphatic carbocycles. The van der Waals surface area contributed by atoms with Crippen molar-refractivity contribution in [2.75, 3.05) is 26.7 Å². The Morgan fingerprint density at radius 2 is 2.00 bits per heavy atom. The van der Waals surface area contributed by atoms with Gasteiger partial charge in [-0.2, -0.15) is 0 Å². The Morgan fingerprint density at radius 3 is 2.43 bits per heavy atom.